The summed E-state index contributed by atoms with van der Waals surface area (Å²) in [7, 11) is 0. The fourth-order valence-corrected chi connectivity index (χ4v) is 1.91. The van der Waals surface area contributed by atoms with Gasteiger partial charge in [0.2, 0.25) is 0 Å². The Bertz CT molecular complexity index is 526. The third-order valence-electron chi connectivity index (χ3n) is 2.73. The third kappa shape index (κ3) is 5.15. The molecule has 6 nitrogen and oxygen atoms in total. The fraction of sp³-hybridized carbons (Fsp3) is 0.462. The summed E-state index contributed by atoms with van der Waals surface area (Å²) in [6, 6.07) is 6.40. The van der Waals surface area contributed by atoms with E-state index < -0.39 is 10.5 Å². The van der Waals surface area contributed by atoms with Crippen LogP contribution in [0, 0.1) is 21.4 Å². The van der Waals surface area contributed by atoms with E-state index in [9.17, 15) is 10.1 Å². The molecular weight excluding hydrogens is 326 g/mol. The van der Waals surface area contributed by atoms with Crippen LogP contribution < -0.4 is 10.5 Å². The summed E-state index contributed by atoms with van der Waals surface area (Å²) in [5.41, 5.74) is 4.88. The molecule has 0 heterocycles. The smallest absolute Gasteiger partial charge is 0.273 e. The Morgan fingerprint density at radius 3 is 2.85 bits per heavy atom. The van der Waals surface area contributed by atoms with Gasteiger partial charge >= 0.3 is 0 Å². The van der Waals surface area contributed by atoms with Crippen molar-refractivity contribution in [2.75, 3.05) is 6.61 Å². The van der Waals surface area contributed by atoms with Gasteiger partial charge in [-0.15, -0.1) is 0 Å². The van der Waals surface area contributed by atoms with Gasteiger partial charge in [0.15, 0.2) is 0 Å². The third-order valence-corrected chi connectivity index (χ3v) is 3.38. The molecule has 0 aliphatic carbocycles. The molecule has 108 valence electrons. The van der Waals surface area contributed by atoms with E-state index in [1.807, 2.05) is 6.07 Å². The highest BCUT2D eigenvalue weighted by Crippen LogP contribution is 2.29. The zero-order valence-corrected chi connectivity index (χ0v) is 12.7. The number of ether oxygens (including phenoxy) is 1. The van der Waals surface area contributed by atoms with Gasteiger partial charge in [-0.1, -0.05) is 0 Å². The Morgan fingerprint density at radius 2 is 2.25 bits per heavy atom. The predicted molar refractivity (Wildman–Crippen MR) is 78.3 cm³/mol. The van der Waals surface area contributed by atoms with E-state index >= 15 is 0 Å². The molecule has 2 N–H and O–H groups in total. The maximum Gasteiger partial charge on any atom is 0.273 e. The summed E-state index contributed by atoms with van der Waals surface area (Å²) in [5, 5.41) is 19.4. The lowest BCUT2D eigenvalue weighted by Gasteiger charge is -2.14. The Balaban J connectivity index is 2.45. The van der Waals surface area contributed by atoms with E-state index in [1.54, 1.807) is 13.0 Å². The molecule has 0 saturated heterocycles. The van der Waals surface area contributed by atoms with Gasteiger partial charge in [-0.2, -0.15) is 5.26 Å². The van der Waals surface area contributed by atoms with E-state index in [-0.39, 0.29) is 5.69 Å². The molecular formula is C13H16BrN3O3. The van der Waals surface area contributed by atoms with Crippen LogP contribution in [-0.2, 0) is 0 Å². The SMILES string of the molecule is CC(N)(C#N)CCCCOc1cc([N+](=O)[O-])ccc1Br. The molecule has 1 atom stereocenters. The number of nitro groups is 1. The number of benzene rings is 1. The molecule has 0 aromatic heterocycles. The molecule has 0 amide bonds. The van der Waals surface area contributed by atoms with Crippen molar-refractivity contribution < 1.29 is 9.66 Å². The summed E-state index contributed by atoms with van der Waals surface area (Å²) in [4.78, 5) is 10.2. The summed E-state index contributed by atoms with van der Waals surface area (Å²) >= 11 is 3.28. The number of rotatable bonds is 7. The Morgan fingerprint density at radius 1 is 1.55 bits per heavy atom. The van der Waals surface area contributed by atoms with E-state index in [2.05, 4.69) is 15.9 Å². The molecule has 0 fully saturated rings. The number of nitro benzene ring substituents is 1. The standard InChI is InChI=1S/C13H16BrN3O3/c1-13(16,9-15)6-2-3-7-20-12-8-10(17(18)19)4-5-11(12)14/h4-5,8H,2-3,6-7,16H2,1H3. The first kappa shape index (κ1) is 16.4. The molecule has 0 bridgehead atoms. The van der Waals surface area contributed by atoms with Crippen molar-refractivity contribution in [2.24, 2.45) is 5.73 Å². The van der Waals surface area contributed by atoms with Crippen molar-refractivity contribution >= 4 is 21.6 Å². The highest BCUT2D eigenvalue weighted by atomic mass is 79.9. The van der Waals surface area contributed by atoms with Gasteiger partial charge in [0.1, 0.15) is 11.3 Å². The molecule has 0 aliphatic rings. The number of halogens is 1. The average Bonchev–Trinajstić information content (AvgIpc) is 2.40. The van der Waals surface area contributed by atoms with Gasteiger partial charge in [0, 0.05) is 6.07 Å². The zero-order chi connectivity index (χ0) is 15.2. The summed E-state index contributed by atoms with van der Waals surface area (Å²) in [6.45, 7) is 2.10. The number of nitrogens with zero attached hydrogens (tertiary/aromatic N) is 2. The number of hydrogen-bond acceptors (Lipinski definition) is 5. The van der Waals surface area contributed by atoms with Crippen molar-refractivity contribution in [1.29, 1.82) is 5.26 Å². The highest BCUT2D eigenvalue weighted by Gasteiger charge is 2.16. The second-order valence-corrected chi connectivity index (χ2v) is 5.56. The van der Waals surface area contributed by atoms with Crippen LogP contribution >= 0.6 is 15.9 Å². The molecule has 0 aliphatic heterocycles. The maximum atomic E-state index is 10.7. The lowest BCUT2D eigenvalue weighted by molar-refractivity contribution is -0.385. The number of nitriles is 1. The lowest BCUT2D eigenvalue weighted by Crippen LogP contribution is -2.33. The molecule has 0 radical (unpaired) electrons. The quantitative estimate of drug-likeness (QED) is 0.466. The Kier molecular flexibility index (Phi) is 5.92. The van der Waals surface area contributed by atoms with Crippen LogP contribution in [0.25, 0.3) is 0 Å². The van der Waals surface area contributed by atoms with Gasteiger partial charge in [-0.3, -0.25) is 10.1 Å². The van der Waals surface area contributed by atoms with Gasteiger partial charge < -0.3 is 10.5 Å². The normalized spacial score (nSPS) is 13.3. The first-order chi connectivity index (χ1) is 9.35. The minimum absolute atomic E-state index is 0.0118. The molecule has 1 aromatic rings. The van der Waals surface area contributed by atoms with E-state index in [4.69, 9.17) is 15.7 Å². The number of unbranched alkanes of at least 4 members (excludes halogenated alkanes) is 1. The molecule has 1 unspecified atom stereocenters. The molecule has 0 saturated carbocycles. The van der Waals surface area contributed by atoms with Crippen molar-refractivity contribution in [3.63, 3.8) is 0 Å². The van der Waals surface area contributed by atoms with Gasteiger partial charge in [0.05, 0.1) is 28.1 Å². The van der Waals surface area contributed by atoms with Crippen molar-refractivity contribution in [3.8, 4) is 11.8 Å². The summed E-state index contributed by atoms with van der Waals surface area (Å²) < 4.78 is 6.17. The van der Waals surface area contributed by atoms with Gasteiger partial charge in [0.25, 0.3) is 5.69 Å². The topological polar surface area (TPSA) is 102 Å². The molecule has 0 spiro atoms. The summed E-state index contributed by atoms with van der Waals surface area (Å²) in [5.74, 6) is 0.440. The minimum Gasteiger partial charge on any atom is -0.492 e. The summed E-state index contributed by atoms with van der Waals surface area (Å²) in [6.07, 6.45) is 2.07. The highest BCUT2D eigenvalue weighted by molar-refractivity contribution is 9.10. The van der Waals surface area contributed by atoms with Crippen LogP contribution in [0.1, 0.15) is 26.2 Å². The lowest BCUT2D eigenvalue weighted by atomic mass is 9.98. The van der Waals surface area contributed by atoms with E-state index in [0.717, 1.165) is 12.8 Å². The van der Waals surface area contributed by atoms with E-state index in [0.29, 0.717) is 23.2 Å². The Labute approximate surface area is 125 Å². The molecule has 20 heavy (non-hydrogen) atoms. The first-order valence-corrected chi connectivity index (χ1v) is 6.92. The van der Waals surface area contributed by atoms with Crippen LogP contribution in [0.5, 0.6) is 5.75 Å². The second kappa shape index (κ2) is 7.22. The molecule has 7 heteroatoms. The molecule has 1 rings (SSSR count). The largest absolute Gasteiger partial charge is 0.492 e. The van der Waals surface area contributed by atoms with Gasteiger partial charge in [-0.25, -0.2) is 0 Å². The first-order valence-electron chi connectivity index (χ1n) is 6.12. The molecule has 1 aromatic carbocycles. The predicted octanol–water partition coefficient (Wildman–Crippen LogP) is 3.15. The number of non-ortho nitro benzene ring substituents is 1. The van der Waals surface area contributed by atoms with Crippen LogP contribution in [0.15, 0.2) is 22.7 Å². The van der Waals surface area contributed by atoms with Gasteiger partial charge in [-0.05, 0) is 48.2 Å². The average molecular weight is 342 g/mol. The van der Waals surface area contributed by atoms with Crippen molar-refractivity contribution in [3.05, 3.63) is 32.8 Å². The Hall–Kier alpha value is -1.65. The number of nitrogens with two attached hydrogens (primary N) is 1. The van der Waals surface area contributed by atoms with Crippen LogP contribution in [0.4, 0.5) is 5.69 Å². The van der Waals surface area contributed by atoms with Crippen LogP contribution in [0.3, 0.4) is 0 Å². The second-order valence-electron chi connectivity index (χ2n) is 4.71. The fourth-order valence-electron chi connectivity index (χ4n) is 1.55. The van der Waals surface area contributed by atoms with Crippen LogP contribution in [0.2, 0.25) is 0 Å². The van der Waals surface area contributed by atoms with Crippen molar-refractivity contribution in [1.82, 2.24) is 0 Å². The number of hydrogen-bond donors (Lipinski definition) is 1. The zero-order valence-electron chi connectivity index (χ0n) is 11.1. The van der Waals surface area contributed by atoms with E-state index in [1.165, 1.54) is 12.1 Å². The maximum absolute atomic E-state index is 10.7. The minimum atomic E-state index is -0.813. The van der Waals surface area contributed by atoms with Crippen molar-refractivity contribution in [2.45, 2.75) is 31.7 Å². The monoisotopic (exact) mass is 341 g/mol. The van der Waals surface area contributed by atoms with Crippen LogP contribution in [-0.4, -0.2) is 17.1 Å².